The maximum Gasteiger partial charge on any atom is 0.164 e. The normalized spacial score (nSPS) is 10.8. The first kappa shape index (κ1) is 16.4. The van der Waals surface area contributed by atoms with E-state index in [1.165, 1.54) is 11.3 Å². The van der Waals surface area contributed by atoms with E-state index in [-0.39, 0.29) is 0 Å². The van der Waals surface area contributed by atoms with Gasteiger partial charge in [-0.1, -0.05) is 18.2 Å². The van der Waals surface area contributed by atoms with Gasteiger partial charge in [0.25, 0.3) is 0 Å². The predicted molar refractivity (Wildman–Crippen MR) is 104 cm³/mol. The van der Waals surface area contributed by atoms with E-state index < -0.39 is 0 Å². The van der Waals surface area contributed by atoms with E-state index in [1.807, 2.05) is 54.4 Å². The molecule has 0 radical (unpaired) electrons. The monoisotopic (exact) mass is 363 g/mol. The molecule has 0 amide bonds. The SMILES string of the molecule is CN(CCOc1ccccc1)c1nc(-c2cccnc2)nc2scnc12. The van der Waals surface area contributed by atoms with Gasteiger partial charge in [-0.25, -0.2) is 15.0 Å². The van der Waals surface area contributed by atoms with Crippen LogP contribution >= 0.6 is 11.3 Å². The zero-order valence-electron chi connectivity index (χ0n) is 14.2. The first-order valence-electron chi connectivity index (χ1n) is 8.22. The Kier molecular flexibility index (Phi) is 4.70. The second-order valence-corrected chi connectivity index (χ2v) is 6.53. The van der Waals surface area contributed by atoms with Crippen molar-refractivity contribution in [2.75, 3.05) is 25.1 Å². The summed E-state index contributed by atoms with van der Waals surface area (Å²) >= 11 is 1.51. The molecular weight excluding hydrogens is 346 g/mol. The minimum atomic E-state index is 0.554. The van der Waals surface area contributed by atoms with Gasteiger partial charge in [-0.2, -0.15) is 0 Å². The van der Waals surface area contributed by atoms with Crippen molar-refractivity contribution in [2.45, 2.75) is 0 Å². The van der Waals surface area contributed by atoms with Crippen molar-refractivity contribution in [3.05, 3.63) is 60.4 Å². The number of anilines is 1. The average Bonchev–Trinajstić information content (AvgIpc) is 3.17. The molecule has 6 nitrogen and oxygen atoms in total. The number of para-hydroxylation sites is 1. The van der Waals surface area contributed by atoms with Gasteiger partial charge < -0.3 is 9.64 Å². The molecule has 3 heterocycles. The lowest BCUT2D eigenvalue weighted by Gasteiger charge is -2.19. The molecule has 3 aromatic heterocycles. The molecule has 7 heteroatoms. The van der Waals surface area contributed by atoms with Gasteiger partial charge in [-0.15, -0.1) is 11.3 Å². The molecule has 0 saturated heterocycles. The molecule has 0 bridgehead atoms. The van der Waals surface area contributed by atoms with E-state index in [1.54, 1.807) is 17.9 Å². The Labute approximate surface area is 155 Å². The second kappa shape index (κ2) is 7.45. The number of ether oxygens (including phenoxy) is 1. The zero-order chi connectivity index (χ0) is 17.8. The highest BCUT2D eigenvalue weighted by Gasteiger charge is 2.15. The number of nitrogens with zero attached hydrogens (tertiary/aromatic N) is 5. The van der Waals surface area contributed by atoms with E-state index in [2.05, 4.69) is 15.0 Å². The van der Waals surface area contributed by atoms with Gasteiger partial charge in [0, 0.05) is 25.0 Å². The Hall–Kier alpha value is -3.06. The molecule has 0 aliphatic heterocycles. The van der Waals surface area contributed by atoms with E-state index >= 15 is 0 Å². The summed E-state index contributed by atoms with van der Waals surface area (Å²) in [6.45, 7) is 1.24. The molecule has 4 aromatic rings. The number of pyridine rings is 1. The summed E-state index contributed by atoms with van der Waals surface area (Å²) in [5, 5.41) is 0. The lowest BCUT2D eigenvalue weighted by atomic mass is 10.2. The number of fused-ring (bicyclic) bond motifs is 1. The standard InChI is InChI=1S/C19H17N5OS/c1-24(10-11-25-15-7-3-2-4-8-15)18-16-19(26-13-21-16)23-17(22-18)14-6-5-9-20-12-14/h2-9,12-13H,10-11H2,1H3. The van der Waals surface area contributed by atoms with Crippen LogP contribution in [0.2, 0.25) is 0 Å². The second-order valence-electron chi connectivity index (χ2n) is 5.70. The summed E-state index contributed by atoms with van der Waals surface area (Å²) in [7, 11) is 1.99. The zero-order valence-corrected chi connectivity index (χ0v) is 15.1. The minimum Gasteiger partial charge on any atom is -0.492 e. The Morgan fingerprint density at radius 3 is 2.77 bits per heavy atom. The van der Waals surface area contributed by atoms with Gasteiger partial charge in [0.05, 0.1) is 12.1 Å². The summed E-state index contributed by atoms with van der Waals surface area (Å²) < 4.78 is 5.79. The van der Waals surface area contributed by atoms with Crippen LogP contribution in [0, 0.1) is 0 Å². The summed E-state index contributed by atoms with van der Waals surface area (Å²) in [6.07, 6.45) is 3.51. The molecule has 0 fully saturated rings. The van der Waals surface area contributed by atoms with Crippen molar-refractivity contribution in [3.8, 4) is 17.1 Å². The maximum absolute atomic E-state index is 5.79. The Morgan fingerprint density at radius 2 is 1.96 bits per heavy atom. The molecule has 0 atom stereocenters. The van der Waals surface area contributed by atoms with Crippen LogP contribution < -0.4 is 9.64 Å². The highest BCUT2D eigenvalue weighted by atomic mass is 32.1. The van der Waals surface area contributed by atoms with E-state index in [0.717, 1.165) is 27.5 Å². The van der Waals surface area contributed by atoms with Crippen molar-refractivity contribution in [2.24, 2.45) is 0 Å². The van der Waals surface area contributed by atoms with Gasteiger partial charge in [-0.3, -0.25) is 4.98 Å². The molecule has 0 spiro atoms. The first-order valence-corrected chi connectivity index (χ1v) is 9.10. The molecule has 1 aromatic carbocycles. The number of hydrogen-bond donors (Lipinski definition) is 0. The molecule has 0 saturated carbocycles. The fourth-order valence-electron chi connectivity index (χ4n) is 2.56. The van der Waals surface area contributed by atoms with Gasteiger partial charge in [-0.05, 0) is 24.3 Å². The highest BCUT2D eigenvalue weighted by molar-refractivity contribution is 7.16. The van der Waals surface area contributed by atoms with Crippen molar-refractivity contribution < 1.29 is 4.74 Å². The maximum atomic E-state index is 5.79. The van der Waals surface area contributed by atoms with E-state index in [9.17, 15) is 0 Å². The fraction of sp³-hybridized carbons (Fsp3) is 0.158. The molecular formula is C19H17N5OS. The van der Waals surface area contributed by atoms with Crippen LogP contribution in [-0.2, 0) is 0 Å². The van der Waals surface area contributed by atoms with Crippen LogP contribution in [0.4, 0.5) is 5.82 Å². The van der Waals surface area contributed by atoms with Crippen LogP contribution in [0.25, 0.3) is 21.7 Å². The Morgan fingerprint density at radius 1 is 1.08 bits per heavy atom. The summed E-state index contributed by atoms with van der Waals surface area (Å²) in [6, 6.07) is 13.6. The lowest BCUT2D eigenvalue weighted by Crippen LogP contribution is -2.25. The summed E-state index contributed by atoms with van der Waals surface area (Å²) in [5.74, 6) is 2.31. The van der Waals surface area contributed by atoms with Crippen LogP contribution in [0.3, 0.4) is 0 Å². The first-order chi connectivity index (χ1) is 12.8. The van der Waals surface area contributed by atoms with Gasteiger partial charge >= 0.3 is 0 Å². The predicted octanol–water partition coefficient (Wildman–Crippen LogP) is 3.66. The summed E-state index contributed by atoms with van der Waals surface area (Å²) in [5.41, 5.74) is 3.49. The van der Waals surface area contributed by atoms with Crippen molar-refractivity contribution in [1.29, 1.82) is 0 Å². The van der Waals surface area contributed by atoms with Crippen LogP contribution in [0.15, 0.2) is 60.4 Å². The largest absolute Gasteiger partial charge is 0.492 e. The number of aromatic nitrogens is 4. The number of rotatable bonds is 6. The molecule has 4 rings (SSSR count). The van der Waals surface area contributed by atoms with E-state index in [4.69, 9.17) is 9.72 Å². The van der Waals surface area contributed by atoms with Crippen LogP contribution in [0.5, 0.6) is 5.75 Å². The minimum absolute atomic E-state index is 0.554. The molecule has 0 N–H and O–H groups in total. The third-order valence-corrected chi connectivity index (χ3v) is 4.62. The van der Waals surface area contributed by atoms with Gasteiger partial charge in [0.1, 0.15) is 22.7 Å². The lowest BCUT2D eigenvalue weighted by molar-refractivity contribution is 0.326. The highest BCUT2D eigenvalue weighted by Crippen LogP contribution is 2.27. The quantitative estimate of drug-likeness (QED) is 0.521. The molecule has 26 heavy (non-hydrogen) atoms. The van der Waals surface area contributed by atoms with Gasteiger partial charge in [0.2, 0.25) is 0 Å². The van der Waals surface area contributed by atoms with Gasteiger partial charge in [0.15, 0.2) is 11.6 Å². The molecule has 0 aliphatic rings. The Balaban J connectivity index is 1.57. The van der Waals surface area contributed by atoms with Crippen LogP contribution in [-0.4, -0.2) is 40.1 Å². The average molecular weight is 363 g/mol. The van der Waals surface area contributed by atoms with Crippen molar-refractivity contribution in [3.63, 3.8) is 0 Å². The number of thiazole rings is 1. The molecule has 0 aliphatic carbocycles. The summed E-state index contributed by atoms with van der Waals surface area (Å²) in [4.78, 5) is 20.9. The fourth-order valence-corrected chi connectivity index (χ4v) is 3.21. The third-order valence-electron chi connectivity index (χ3n) is 3.90. The number of hydrogen-bond acceptors (Lipinski definition) is 7. The van der Waals surface area contributed by atoms with Crippen molar-refractivity contribution in [1.82, 2.24) is 19.9 Å². The number of likely N-dealkylation sites (N-methyl/N-ethyl adjacent to an activating group) is 1. The van der Waals surface area contributed by atoms with E-state index in [0.29, 0.717) is 19.0 Å². The number of benzene rings is 1. The van der Waals surface area contributed by atoms with Crippen LogP contribution in [0.1, 0.15) is 0 Å². The Bertz CT molecular complexity index is 991. The molecule has 0 unspecified atom stereocenters. The topological polar surface area (TPSA) is 64.0 Å². The molecule has 130 valence electrons. The third kappa shape index (κ3) is 3.48. The van der Waals surface area contributed by atoms with Crippen molar-refractivity contribution >= 4 is 27.5 Å². The smallest absolute Gasteiger partial charge is 0.164 e.